The zero-order valence-electron chi connectivity index (χ0n) is 14.1. The third kappa shape index (κ3) is 5.09. The quantitative estimate of drug-likeness (QED) is 0.794. The Kier molecular flexibility index (Phi) is 6.89. The van der Waals surface area contributed by atoms with Crippen molar-refractivity contribution in [2.75, 3.05) is 39.8 Å². The summed E-state index contributed by atoms with van der Waals surface area (Å²) in [7, 11) is 2.11. The van der Waals surface area contributed by atoms with Gasteiger partial charge >= 0.3 is 0 Å². The molecule has 1 aromatic rings. The fourth-order valence-electron chi connectivity index (χ4n) is 3.37. The molecular weight excluding hydrogens is 280 g/mol. The second-order valence-corrected chi connectivity index (χ2v) is 6.41. The van der Waals surface area contributed by atoms with Crippen LogP contribution in [0.2, 0.25) is 0 Å². The number of furan rings is 1. The van der Waals surface area contributed by atoms with Gasteiger partial charge in [0.1, 0.15) is 12.4 Å². The molecule has 1 saturated heterocycles. The van der Waals surface area contributed by atoms with Gasteiger partial charge in [0.05, 0.1) is 19.0 Å². The summed E-state index contributed by atoms with van der Waals surface area (Å²) in [5, 5.41) is 10.2. The molecule has 22 heavy (non-hydrogen) atoms. The van der Waals surface area contributed by atoms with Crippen LogP contribution in [-0.2, 0) is 11.3 Å². The Bertz CT molecular complexity index is 410. The second kappa shape index (κ2) is 8.67. The van der Waals surface area contributed by atoms with Crippen LogP contribution in [0.15, 0.2) is 22.8 Å². The molecule has 0 saturated carbocycles. The number of piperidine rings is 1. The largest absolute Gasteiger partial charge is 0.467 e. The monoisotopic (exact) mass is 310 g/mol. The molecule has 0 amide bonds. The Morgan fingerprint density at radius 3 is 3.00 bits per heavy atom. The minimum Gasteiger partial charge on any atom is -0.467 e. The molecule has 0 radical (unpaired) electrons. The Morgan fingerprint density at radius 2 is 2.36 bits per heavy atom. The van der Waals surface area contributed by atoms with Crippen molar-refractivity contribution in [3.8, 4) is 0 Å². The molecule has 0 aromatic carbocycles. The molecule has 1 aromatic heterocycles. The summed E-state index contributed by atoms with van der Waals surface area (Å²) in [6, 6.07) is 4.26. The van der Waals surface area contributed by atoms with Crippen molar-refractivity contribution in [1.29, 1.82) is 0 Å². The molecule has 5 nitrogen and oxygen atoms in total. The summed E-state index contributed by atoms with van der Waals surface area (Å²) in [5.74, 6) is 1.43. The Balaban J connectivity index is 1.68. The van der Waals surface area contributed by atoms with Gasteiger partial charge < -0.3 is 24.1 Å². The first-order valence-corrected chi connectivity index (χ1v) is 8.31. The first kappa shape index (κ1) is 17.5. The predicted molar refractivity (Wildman–Crippen MR) is 86.7 cm³/mol. The molecule has 3 unspecified atom stereocenters. The van der Waals surface area contributed by atoms with Crippen molar-refractivity contribution >= 4 is 0 Å². The van der Waals surface area contributed by atoms with Crippen LogP contribution in [0.4, 0.5) is 0 Å². The highest BCUT2D eigenvalue weighted by Crippen LogP contribution is 2.21. The number of hydrogen-bond donors (Lipinski definition) is 1. The lowest BCUT2D eigenvalue weighted by molar-refractivity contribution is -0.00889. The van der Waals surface area contributed by atoms with Crippen LogP contribution in [-0.4, -0.2) is 66.9 Å². The van der Waals surface area contributed by atoms with Gasteiger partial charge in [-0.15, -0.1) is 0 Å². The lowest BCUT2D eigenvalue weighted by Gasteiger charge is -2.41. The molecule has 126 valence electrons. The summed E-state index contributed by atoms with van der Waals surface area (Å²) in [5.41, 5.74) is 0. The Labute approximate surface area is 133 Å². The molecule has 1 fully saturated rings. The summed E-state index contributed by atoms with van der Waals surface area (Å²) < 4.78 is 10.7. The number of likely N-dealkylation sites (N-methyl/N-ethyl adjacent to an activating group) is 1. The molecule has 5 heteroatoms. The molecule has 2 heterocycles. The van der Waals surface area contributed by atoms with E-state index in [1.807, 2.05) is 12.1 Å². The first-order chi connectivity index (χ1) is 10.6. The van der Waals surface area contributed by atoms with Crippen molar-refractivity contribution < 1.29 is 14.3 Å². The highest BCUT2D eigenvalue weighted by atomic mass is 16.5. The van der Waals surface area contributed by atoms with Crippen LogP contribution in [0, 0.1) is 5.92 Å². The summed E-state index contributed by atoms with van der Waals surface area (Å²) >= 11 is 0. The van der Waals surface area contributed by atoms with Gasteiger partial charge in [0.25, 0.3) is 0 Å². The van der Waals surface area contributed by atoms with E-state index in [9.17, 15) is 5.11 Å². The predicted octanol–water partition coefficient (Wildman–Crippen LogP) is 1.82. The molecule has 1 aliphatic rings. The van der Waals surface area contributed by atoms with Crippen molar-refractivity contribution in [3.05, 3.63) is 24.2 Å². The van der Waals surface area contributed by atoms with Gasteiger partial charge in [-0.05, 0) is 44.6 Å². The lowest BCUT2D eigenvalue weighted by atomic mass is 9.92. The zero-order valence-corrected chi connectivity index (χ0v) is 14.1. The van der Waals surface area contributed by atoms with Gasteiger partial charge in [-0.3, -0.25) is 0 Å². The molecule has 3 atom stereocenters. The van der Waals surface area contributed by atoms with E-state index >= 15 is 0 Å². The van der Waals surface area contributed by atoms with E-state index in [-0.39, 0.29) is 0 Å². The fraction of sp³-hybridized carbons (Fsp3) is 0.765. The number of rotatable bonds is 8. The van der Waals surface area contributed by atoms with Crippen LogP contribution >= 0.6 is 0 Å². The Morgan fingerprint density at radius 1 is 1.55 bits per heavy atom. The average Bonchev–Trinajstić information content (AvgIpc) is 3.00. The van der Waals surface area contributed by atoms with E-state index < -0.39 is 6.10 Å². The van der Waals surface area contributed by atoms with Gasteiger partial charge in [0.2, 0.25) is 0 Å². The van der Waals surface area contributed by atoms with Crippen molar-refractivity contribution in [2.24, 2.45) is 5.92 Å². The lowest BCUT2D eigenvalue weighted by Crippen LogP contribution is -2.50. The molecule has 0 aliphatic carbocycles. The van der Waals surface area contributed by atoms with Crippen LogP contribution in [0.1, 0.15) is 26.0 Å². The number of aliphatic hydroxyl groups excluding tert-OH is 1. The summed E-state index contributed by atoms with van der Waals surface area (Å²) in [4.78, 5) is 4.79. The third-order valence-electron chi connectivity index (χ3n) is 4.59. The average molecular weight is 310 g/mol. The maximum absolute atomic E-state index is 10.2. The van der Waals surface area contributed by atoms with Crippen LogP contribution in [0.25, 0.3) is 0 Å². The van der Waals surface area contributed by atoms with Gasteiger partial charge in [0.15, 0.2) is 0 Å². The summed E-state index contributed by atoms with van der Waals surface area (Å²) in [6.07, 6.45) is 2.34. The summed E-state index contributed by atoms with van der Waals surface area (Å²) in [6.45, 7) is 9.37. The van der Waals surface area contributed by atoms with Crippen LogP contribution in [0.3, 0.4) is 0 Å². The second-order valence-electron chi connectivity index (χ2n) is 6.41. The minimum absolute atomic E-state index is 0.341. The van der Waals surface area contributed by atoms with E-state index in [0.29, 0.717) is 31.7 Å². The van der Waals surface area contributed by atoms with E-state index in [1.165, 1.54) is 6.42 Å². The minimum atomic E-state index is -0.462. The third-order valence-corrected chi connectivity index (χ3v) is 4.59. The highest BCUT2D eigenvalue weighted by molar-refractivity contribution is 4.96. The standard InChI is InChI=1S/C17H30N2O3/c1-4-19-8-7-17(14(2)10-19)18(3)11-15(20)12-21-13-16-6-5-9-22-16/h5-6,9,14-15,17,20H,4,7-8,10-13H2,1-3H3. The van der Waals surface area contributed by atoms with E-state index in [4.69, 9.17) is 9.15 Å². The molecule has 2 rings (SSSR count). The smallest absolute Gasteiger partial charge is 0.129 e. The van der Waals surface area contributed by atoms with Crippen molar-refractivity contribution in [2.45, 2.75) is 39.0 Å². The number of aliphatic hydroxyl groups is 1. The van der Waals surface area contributed by atoms with E-state index in [1.54, 1.807) is 6.26 Å². The zero-order chi connectivity index (χ0) is 15.9. The molecule has 0 spiro atoms. The van der Waals surface area contributed by atoms with Gasteiger partial charge in [-0.1, -0.05) is 13.8 Å². The highest BCUT2D eigenvalue weighted by Gasteiger charge is 2.28. The fourth-order valence-corrected chi connectivity index (χ4v) is 3.37. The topological polar surface area (TPSA) is 49.1 Å². The van der Waals surface area contributed by atoms with Gasteiger partial charge in [-0.2, -0.15) is 0 Å². The van der Waals surface area contributed by atoms with Crippen molar-refractivity contribution in [3.63, 3.8) is 0 Å². The maximum atomic E-state index is 10.2. The maximum Gasteiger partial charge on any atom is 0.129 e. The molecule has 1 N–H and O–H groups in total. The SMILES string of the molecule is CCN1CCC(N(C)CC(O)COCc2ccco2)C(C)C1. The first-order valence-electron chi connectivity index (χ1n) is 8.31. The number of nitrogens with zero attached hydrogens (tertiary/aromatic N) is 2. The van der Waals surface area contributed by atoms with Gasteiger partial charge in [-0.25, -0.2) is 0 Å². The molecule has 0 bridgehead atoms. The van der Waals surface area contributed by atoms with Crippen molar-refractivity contribution in [1.82, 2.24) is 9.80 Å². The number of hydrogen-bond acceptors (Lipinski definition) is 5. The van der Waals surface area contributed by atoms with Crippen LogP contribution in [0.5, 0.6) is 0 Å². The normalized spacial score (nSPS) is 24.8. The number of ether oxygens (including phenoxy) is 1. The van der Waals surface area contributed by atoms with E-state index in [0.717, 1.165) is 25.4 Å². The van der Waals surface area contributed by atoms with E-state index in [2.05, 4.69) is 30.7 Å². The Hall–Kier alpha value is -0.880. The molecule has 1 aliphatic heterocycles. The molecular formula is C17H30N2O3. The number of likely N-dealkylation sites (tertiary alicyclic amines) is 1. The van der Waals surface area contributed by atoms with Gasteiger partial charge in [0, 0.05) is 19.1 Å². The van der Waals surface area contributed by atoms with Crippen LogP contribution < -0.4 is 0 Å².